The van der Waals surface area contributed by atoms with Crippen molar-refractivity contribution in [3.05, 3.63) is 18.0 Å². The van der Waals surface area contributed by atoms with Crippen molar-refractivity contribution < 1.29 is 0 Å². The molecule has 1 rings (SSSR count). The van der Waals surface area contributed by atoms with Crippen LogP contribution in [-0.2, 0) is 7.05 Å². The van der Waals surface area contributed by atoms with Crippen molar-refractivity contribution in [1.29, 1.82) is 0 Å². The molecule has 0 fully saturated rings. The van der Waals surface area contributed by atoms with Crippen LogP contribution in [0.4, 0.5) is 0 Å². The number of hydrogen-bond acceptors (Lipinski definition) is 3. The minimum absolute atomic E-state index is 0.395. The zero-order valence-electron chi connectivity index (χ0n) is 9.16. The van der Waals surface area contributed by atoms with Crippen molar-refractivity contribution in [2.24, 2.45) is 7.05 Å². The molecule has 3 nitrogen and oxygen atoms in total. The average Bonchev–Trinajstić information content (AvgIpc) is 2.59. The van der Waals surface area contributed by atoms with E-state index < -0.39 is 0 Å². The fourth-order valence-corrected chi connectivity index (χ4v) is 2.11. The summed E-state index contributed by atoms with van der Waals surface area (Å²) in [5, 5.41) is 7.87. The Morgan fingerprint density at radius 2 is 2.36 bits per heavy atom. The van der Waals surface area contributed by atoms with Crippen LogP contribution in [0.25, 0.3) is 0 Å². The van der Waals surface area contributed by atoms with Gasteiger partial charge >= 0.3 is 0 Å². The Kier molecular flexibility index (Phi) is 5.04. The third-order valence-corrected chi connectivity index (χ3v) is 3.01. The van der Waals surface area contributed by atoms with Crippen LogP contribution in [0.5, 0.6) is 0 Å². The van der Waals surface area contributed by atoms with Crippen molar-refractivity contribution in [3.63, 3.8) is 0 Å². The highest BCUT2D eigenvalue weighted by atomic mass is 32.2. The zero-order chi connectivity index (χ0) is 10.4. The molecule has 0 aliphatic rings. The number of aryl methyl sites for hydroxylation is 1. The van der Waals surface area contributed by atoms with E-state index in [0.717, 1.165) is 23.7 Å². The van der Waals surface area contributed by atoms with E-state index in [2.05, 4.69) is 30.3 Å². The standard InChI is InChI=1S/C10H19N3S/c1-4-11-10(8-14-5-2)9-6-7-13(3)12-9/h6-7,10-11H,4-5,8H2,1-3H3. The molecule has 0 amide bonds. The Morgan fingerprint density at radius 1 is 1.57 bits per heavy atom. The summed E-state index contributed by atoms with van der Waals surface area (Å²) in [4.78, 5) is 0. The number of nitrogens with one attached hydrogen (secondary N) is 1. The quantitative estimate of drug-likeness (QED) is 0.782. The summed E-state index contributed by atoms with van der Waals surface area (Å²) >= 11 is 1.95. The smallest absolute Gasteiger partial charge is 0.0802 e. The van der Waals surface area contributed by atoms with Crippen LogP contribution < -0.4 is 5.32 Å². The molecule has 0 saturated carbocycles. The molecule has 0 aliphatic carbocycles. The highest BCUT2D eigenvalue weighted by molar-refractivity contribution is 7.99. The first kappa shape index (κ1) is 11.6. The maximum atomic E-state index is 4.42. The fraction of sp³-hybridized carbons (Fsp3) is 0.700. The largest absolute Gasteiger partial charge is 0.308 e. The Hall–Kier alpha value is -0.480. The van der Waals surface area contributed by atoms with Crippen molar-refractivity contribution in [2.45, 2.75) is 19.9 Å². The second-order valence-electron chi connectivity index (χ2n) is 3.18. The summed E-state index contributed by atoms with van der Waals surface area (Å²) in [5.41, 5.74) is 1.15. The van der Waals surface area contributed by atoms with E-state index in [1.165, 1.54) is 0 Å². The van der Waals surface area contributed by atoms with Crippen molar-refractivity contribution in [2.75, 3.05) is 18.1 Å². The predicted octanol–water partition coefficient (Wildman–Crippen LogP) is 1.82. The number of aromatic nitrogens is 2. The van der Waals surface area contributed by atoms with Crippen LogP contribution in [0.1, 0.15) is 25.6 Å². The molecule has 80 valence electrons. The summed E-state index contributed by atoms with van der Waals surface area (Å²) in [5.74, 6) is 2.26. The van der Waals surface area contributed by atoms with Crippen molar-refractivity contribution in [3.8, 4) is 0 Å². The molecular weight excluding hydrogens is 194 g/mol. The summed E-state index contributed by atoms with van der Waals surface area (Å²) in [6, 6.07) is 2.48. The van der Waals surface area contributed by atoms with Gasteiger partial charge in [-0.2, -0.15) is 16.9 Å². The molecule has 1 aromatic rings. The maximum Gasteiger partial charge on any atom is 0.0802 e. The Labute approximate surface area is 90.3 Å². The van der Waals surface area contributed by atoms with Gasteiger partial charge in [-0.15, -0.1) is 0 Å². The molecule has 0 spiro atoms. The molecule has 1 unspecified atom stereocenters. The highest BCUT2D eigenvalue weighted by Crippen LogP contribution is 2.15. The lowest BCUT2D eigenvalue weighted by Crippen LogP contribution is -2.23. The molecule has 4 heteroatoms. The maximum absolute atomic E-state index is 4.42. The molecule has 0 aliphatic heterocycles. The first-order valence-corrected chi connectivity index (χ1v) is 6.24. The second kappa shape index (κ2) is 6.09. The van der Waals surface area contributed by atoms with Crippen LogP contribution >= 0.6 is 11.8 Å². The van der Waals surface area contributed by atoms with E-state index in [1.807, 2.05) is 29.7 Å². The lowest BCUT2D eigenvalue weighted by Gasteiger charge is -2.14. The second-order valence-corrected chi connectivity index (χ2v) is 4.50. The van der Waals surface area contributed by atoms with E-state index in [9.17, 15) is 0 Å². The van der Waals surface area contributed by atoms with Gasteiger partial charge in [-0.3, -0.25) is 4.68 Å². The third kappa shape index (κ3) is 3.35. The van der Waals surface area contributed by atoms with Crippen LogP contribution in [0.15, 0.2) is 12.3 Å². The normalized spacial score (nSPS) is 13.1. The van der Waals surface area contributed by atoms with E-state index in [0.29, 0.717) is 6.04 Å². The van der Waals surface area contributed by atoms with Gasteiger partial charge in [0.2, 0.25) is 0 Å². The van der Waals surface area contributed by atoms with E-state index in [1.54, 1.807) is 0 Å². The summed E-state index contributed by atoms with van der Waals surface area (Å²) in [6.45, 7) is 5.31. The lowest BCUT2D eigenvalue weighted by atomic mass is 10.2. The Morgan fingerprint density at radius 3 is 2.86 bits per heavy atom. The van der Waals surface area contributed by atoms with Gasteiger partial charge in [0.05, 0.1) is 11.7 Å². The van der Waals surface area contributed by atoms with E-state index in [-0.39, 0.29) is 0 Å². The minimum atomic E-state index is 0.395. The van der Waals surface area contributed by atoms with Crippen LogP contribution in [0.3, 0.4) is 0 Å². The first-order chi connectivity index (χ1) is 6.77. The van der Waals surface area contributed by atoms with Gasteiger partial charge in [0.1, 0.15) is 0 Å². The molecule has 0 saturated heterocycles. The van der Waals surface area contributed by atoms with Crippen LogP contribution in [-0.4, -0.2) is 27.8 Å². The molecule has 0 aromatic carbocycles. The Bertz CT molecular complexity index is 260. The van der Waals surface area contributed by atoms with Gasteiger partial charge < -0.3 is 5.32 Å². The lowest BCUT2D eigenvalue weighted by molar-refractivity contribution is 0.578. The van der Waals surface area contributed by atoms with Crippen LogP contribution in [0.2, 0.25) is 0 Å². The molecular formula is C10H19N3S. The monoisotopic (exact) mass is 213 g/mol. The Balaban J connectivity index is 2.57. The number of rotatable bonds is 6. The molecule has 1 N–H and O–H groups in total. The number of thioether (sulfide) groups is 1. The van der Waals surface area contributed by atoms with E-state index in [4.69, 9.17) is 0 Å². The predicted molar refractivity (Wildman–Crippen MR) is 62.6 cm³/mol. The number of nitrogens with zero attached hydrogens (tertiary/aromatic N) is 2. The summed E-state index contributed by atoms with van der Waals surface area (Å²) in [6.07, 6.45) is 2.00. The van der Waals surface area contributed by atoms with Gasteiger partial charge in [-0.1, -0.05) is 13.8 Å². The third-order valence-electron chi connectivity index (χ3n) is 2.03. The first-order valence-electron chi connectivity index (χ1n) is 5.08. The highest BCUT2D eigenvalue weighted by Gasteiger charge is 2.11. The topological polar surface area (TPSA) is 29.9 Å². The van der Waals surface area contributed by atoms with Crippen molar-refractivity contribution in [1.82, 2.24) is 15.1 Å². The van der Waals surface area contributed by atoms with Gasteiger partial charge in [0.25, 0.3) is 0 Å². The SMILES string of the molecule is CCNC(CSCC)c1ccn(C)n1. The summed E-state index contributed by atoms with van der Waals surface area (Å²) in [7, 11) is 1.96. The number of hydrogen-bond donors (Lipinski definition) is 1. The van der Waals surface area contributed by atoms with Crippen LogP contribution in [0, 0.1) is 0 Å². The van der Waals surface area contributed by atoms with Gasteiger partial charge in [-0.25, -0.2) is 0 Å². The molecule has 1 heterocycles. The molecule has 0 bridgehead atoms. The molecule has 1 aromatic heterocycles. The fourth-order valence-electron chi connectivity index (χ4n) is 1.35. The zero-order valence-corrected chi connectivity index (χ0v) is 9.97. The average molecular weight is 213 g/mol. The molecule has 14 heavy (non-hydrogen) atoms. The molecule has 0 radical (unpaired) electrons. The molecule has 1 atom stereocenters. The van der Waals surface area contributed by atoms with Gasteiger partial charge in [0.15, 0.2) is 0 Å². The van der Waals surface area contributed by atoms with Crippen molar-refractivity contribution >= 4 is 11.8 Å². The summed E-state index contributed by atoms with van der Waals surface area (Å²) < 4.78 is 1.86. The van der Waals surface area contributed by atoms with Gasteiger partial charge in [0, 0.05) is 19.0 Å². The minimum Gasteiger partial charge on any atom is -0.308 e. The van der Waals surface area contributed by atoms with Gasteiger partial charge in [-0.05, 0) is 18.4 Å². The van der Waals surface area contributed by atoms with E-state index >= 15 is 0 Å².